The Balaban J connectivity index is 4.17. The van der Waals surface area contributed by atoms with Crippen LogP contribution >= 0.6 is 0 Å². The summed E-state index contributed by atoms with van der Waals surface area (Å²) >= 11 is 0. The molecule has 0 unspecified atom stereocenters. The zero-order chi connectivity index (χ0) is 7.44. The molecule has 0 radical (unpaired) electrons. The molecule has 2 heteroatoms. The predicted octanol–water partition coefficient (Wildman–Crippen LogP) is 0.994. The first-order chi connectivity index (χ1) is 4.04. The molecule has 0 rings (SSSR count). The van der Waals surface area contributed by atoms with E-state index in [1.807, 2.05) is 0 Å². The van der Waals surface area contributed by atoms with Gasteiger partial charge in [0.2, 0.25) is 0 Å². The van der Waals surface area contributed by atoms with Crippen LogP contribution in [-0.2, 0) is 4.79 Å². The fraction of sp³-hybridized carbons (Fsp3) is 0.286. The van der Waals surface area contributed by atoms with Gasteiger partial charge in [-0.15, -0.1) is 0 Å². The largest absolute Gasteiger partial charge is 0.399 e. The number of hydrogen-bond donors (Lipinski definition) is 1. The van der Waals surface area contributed by atoms with Crippen LogP contribution in [0.1, 0.15) is 13.8 Å². The molecule has 0 heterocycles. The van der Waals surface area contributed by atoms with Gasteiger partial charge in [-0.2, -0.15) is 0 Å². The zero-order valence-corrected chi connectivity index (χ0v) is 5.77. The molecule has 0 aliphatic carbocycles. The molecule has 2 nitrogen and oxygen atoms in total. The number of rotatable bonds is 2. The lowest BCUT2D eigenvalue weighted by atomic mass is 10.2. The van der Waals surface area contributed by atoms with Crippen LogP contribution < -0.4 is 5.73 Å². The van der Waals surface area contributed by atoms with Gasteiger partial charge in [-0.3, -0.25) is 4.79 Å². The van der Waals surface area contributed by atoms with E-state index in [-0.39, 0.29) is 5.78 Å². The summed E-state index contributed by atoms with van der Waals surface area (Å²) in [5, 5.41) is 0. The molecule has 0 amide bonds. The summed E-state index contributed by atoms with van der Waals surface area (Å²) in [6.07, 6.45) is 1.46. The molecule has 9 heavy (non-hydrogen) atoms. The van der Waals surface area contributed by atoms with Crippen LogP contribution in [0.15, 0.2) is 23.9 Å². The third-order valence-corrected chi connectivity index (χ3v) is 0.926. The van der Waals surface area contributed by atoms with Crippen LogP contribution in [0, 0.1) is 0 Å². The zero-order valence-electron chi connectivity index (χ0n) is 5.77. The van der Waals surface area contributed by atoms with E-state index in [0.717, 1.165) is 5.57 Å². The maximum atomic E-state index is 10.4. The predicted molar refractivity (Wildman–Crippen MR) is 37.8 cm³/mol. The topological polar surface area (TPSA) is 43.1 Å². The second kappa shape index (κ2) is 3.07. The normalized spacial score (nSPS) is 11.1. The average Bonchev–Trinajstić information content (AvgIpc) is 1.63. The van der Waals surface area contributed by atoms with Crippen molar-refractivity contribution in [1.29, 1.82) is 0 Å². The molecule has 0 spiro atoms. The minimum absolute atomic E-state index is 0.000833. The number of allylic oxidation sites excluding steroid dienone is 2. The molecular weight excluding hydrogens is 114 g/mol. The molecule has 0 aromatic heterocycles. The summed E-state index contributed by atoms with van der Waals surface area (Å²) in [6.45, 7) is 6.70. The first-order valence-electron chi connectivity index (χ1n) is 2.67. The SMILES string of the molecule is C=C(N)C(C)=CC(C)=O. The van der Waals surface area contributed by atoms with E-state index in [1.54, 1.807) is 6.92 Å². The number of carbonyl (C=O) groups excluding carboxylic acids is 1. The van der Waals surface area contributed by atoms with Gasteiger partial charge in [-0.1, -0.05) is 6.58 Å². The number of nitrogens with two attached hydrogens (primary N) is 1. The van der Waals surface area contributed by atoms with Crippen LogP contribution in [0.4, 0.5) is 0 Å². The van der Waals surface area contributed by atoms with Gasteiger partial charge in [0.1, 0.15) is 0 Å². The van der Waals surface area contributed by atoms with Gasteiger partial charge >= 0.3 is 0 Å². The van der Waals surface area contributed by atoms with Gasteiger partial charge in [0.15, 0.2) is 5.78 Å². The van der Waals surface area contributed by atoms with E-state index in [0.29, 0.717) is 5.70 Å². The molecule has 0 aliphatic rings. The molecular formula is C7H11NO. The lowest BCUT2D eigenvalue weighted by Crippen LogP contribution is -1.97. The fourth-order valence-corrected chi connectivity index (χ4v) is 0.398. The molecule has 0 atom stereocenters. The van der Waals surface area contributed by atoms with Crippen molar-refractivity contribution < 1.29 is 4.79 Å². The molecule has 0 bridgehead atoms. The Morgan fingerprint density at radius 2 is 2.00 bits per heavy atom. The summed E-state index contributed by atoms with van der Waals surface area (Å²) in [5.41, 5.74) is 6.46. The molecule has 0 saturated heterocycles. The smallest absolute Gasteiger partial charge is 0.152 e. The Morgan fingerprint density at radius 3 is 2.11 bits per heavy atom. The fourth-order valence-electron chi connectivity index (χ4n) is 0.398. The van der Waals surface area contributed by atoms with Gasteiger partial charge < -0.3 is 5.73 Å². The Hall–Kier alpha value is -1.05. The highest BCUT2D eigenvalue weighted by Gasteiger charge is 1.90. The minimum atomic E-state index is -0.000833. The average molecular weight is 125 g/mol. The number of hydrogen-bond acceptors (Lipinski definition) is 2. The van der Waals surface area contributed by atoms with Gasteiger partial charge in [-0.05, 0) is 25.5 Å². The van der Waals surface area contributed by atoms with E-state index in [9.17, 15) is 4.79 Å². The monoisotopic (exact) mass is 125 g/mol. The first kappa shape index (κ1) is 7.95. The maximum Gasteiger partial charge on any atom is 0.152 e. The summed E-state index contributed by atoms with van der Waals surface area (Å²) in [6, 6.07) is 0. The first-order valence-corrected chi connectivity index (χ1v) is 2.67. The van der Waals surface area contributed by atoms with E-state index in [2.05, 4.69) is 6.58 Å². The van der Waals surface area contributed by atoms with Crippen LogP contribution in [0.5, 0.6) is 0 Å². The van der Waals surface area contributed by atoms with Gasteiger partial charge in [0.05, 0.1) is 0 Å². The van der Waals surface area contributed by atoms with E-state index < -0.39 is 0 Å². The van der Waals surface area contributed by atoms with Crippen LogP contribution in [0.25, 0.3) is 0 Å². The summed E-state index contributed by atoms with van der Waals surface area (Å²) in [5.74, 6) is -0.000833. The van der Waals surface area contributed by atoms with E-state index in [1.165, 1.54) is 13.0 Å². The van der Waals surface area contributed by atoms with Crippen molar-refractivity contribution in [3.05, 3.63) is 23.9 Å². The molecule has 0 aromatic rings. The van der Waals surface area contributed by atoms with Crippen molar-refractivity contribution in [3.63, 3.8) is 0 Å². The summed E-state index contributed by atoms with van der Waals surface area (Å²) in [4.78, 5) is 10.4. The van der Waals surface area contributed by atoms with Crippen molar-refractivity contribution in [2.75, 3.05) is 0 Å². The van der Waals surface area contributed by atoms with Crippen LogP contribution in [0.2, 0.25) is 0 Å². The van der Waals surface area contributed by atoms with Crippen LogP contribution in [0.3, 0.4) is 0 Å². The quantitative estimate of drug-likeness (QED) is 0.442. The standard InChI is InChI=1S/C7H11NO/c1-5(7(3)8)4-6(2)9/h4H,3,8H2,1-2H3. The lowest BCUT2D eigenvalue weighted by Gasteiger charge is -1.94. The molecule has 0 aromatic carbocycles. The molecule has 0 saturated carbocycles. The lowest BCUT2D eigenvalue weighted by molar-refractivity contribution is -0.112. The molecule has 0 aliphatic heterocycles. The van der Waals surface area contributed by atoms with Gasteiger partial charge in [0, 0.05) is 5.70 Å². The molecule has 50 valence electrons. The van der Waals surface area contributed by atoms with Crippen molar-refractivity contribution >= 4 is 5.78 Å². The number of carbonyl (C=O) groups is 1. The third-order valence-electron chi connectivity index (χ3n) is 0.926. The third kappa shape index (κ3) is 3.53. The second-order valence-electron chi connectivity index (χ2n) is 1.96. The van der Waals surface area contributed by atoms with E-state index in [4.69, 9.17) is 5.73 Å². The van der Waals surface area contributed by atoms with E-state index >= 15 is 0 Å². The molecule has 0 fully saturated rings. The van der Waals surface area contributed by atoms with Crippen molar-refractivity contribution in [2.45, 2.75) is 13.8 Å². The second-order valence-corrected chi connectivity index (χ2v) is 1.96. The summed E-state index contributed by atoms with van der Waals surface area (Å²) in [7, 11) is 0. The van der Waals surface area contributed by atoms with Crippen LogP contribution in [-0.4, -0.2) is 5.78 Å². The van der Waals surface area contributed by atoms with Crippen molar-refractivity contribution in [2.24, 2.45) is 5.73 Å². The van der Waals surface area contributed by atoms with Crippen molar-refractivity contribution in [1.82, 2.24) is 0 Å². The maximum absolute atomic E-state index is 10.4. The Morgan fingerprint density at radius 1 is 1.56 bits per heavy atom. The highest BCUT2D eigenvalue weighted by atomic mass is 16.1. The van der Waals surface area contributed by atoms with Crippen molar-refractivity contribution in [3.8, 4) is 0 Å². The Kier molecular flexibility index (Phi) is 2.71. The Labute approximate surface area is 55.1 Å². The van der Waals surface area contributed by atoms with Gasteiger partial charge in [-0.25, -0.2) is 0 Å². The molecule has 2 N–H and O–H groups in total. The number of ketones is 1. The highest BCUT2D eigenvalue weighted by Crippen LogP contribution is 1.98. The Bertz CT molecular complexity index is 168. The minimum Gasteiger partial charge on any atom is -0.399 e. The summed E-state index contributed by atoms with van der Waals surface area (Å²) < 4.78 is 0. The highest BCUT2D eigenvalue weighted by molar-refractivity contribution is 5.88. The van der Waals surface area contributed by atoms with Gasteiger partial charge in [0.25, 0.3) is 0 Å².